The number of hydrogen-bond donors (Lipinski definition) is 2. The van der Waals surface area contributed by atoms with Gasteiger partial charge in [-0.25, -0.2) is 9.59 Å². The molecule has 0 saturated carbocycles. The number of H-pyrrole nitrogens is 1. The monoisotopic (exact) mass is 488 g/mol. The Hall–Kier alpha value is -1.75. The van der Waals surface area contributed by atoms with Crippen LogP contribution in [0, 0.1) is 0 Å². The normalized spacial score (nSPS) is 25.2. The number of benzene rings is 1. The molecule has 0 amide bonds. The molecule has 8 nitrogen and oxygen atoms in total. The molecule has 4 atom stereocenters. The van der Waals surface area contributed by atoms with Crippen molar-refractivity contribution in [3.63, 3.8) is 0 Å². The number of alkyl halides is 1. The molecule has 2 heterocycles. The molecule has 0 unspecified atom stereocenters. The Balaban J connectivity index is 1.72. The number of aromatic amines is 1. The third kappa shape index (κ3) is 3.83. The Labute approximate surface area is 164 Å². The molecule has 138 valence electrons. The van der Waals surface area contributed by atoms with E-state index in [4.69, 9.17) is 9.47 Å². The number of ether oxygens (including phenoxy) is 2. The van der Waals surface area contributed by atoms with E-state index in [2.05, 4.69) is 36.8 Å². The lowest BCUT2D eigenvalue weighted by Crippen LogP contribution is -2.35. The van der Waals surface area contributed by atoms with Crippen LogP contribution in [0.2, 0.25) is 0 Å². The zero-order valence-corrected chi connectivity index (χ0v) is 16.3. The quantitative estimate of drug-likeness (QED) is 0.492. The fourth-order valence-corrected chi connectivity index (χ4v) is 3.57. The Morgan fingerprint density at radius 3 is 2.69 bits per heavy atom. The molecular formula is C16H14Br2N2O6. The lowest BCUT2D eigenvalue weighted by molar-refractivity contribution is -0.0530. The summed E-state index contributed by atoms with van der Waals surface area (Å²) < 4.78 is 12.2. The van der Waals surface area contributed by atoms with Crippen molar-refractivity contribution >= 4 is 37.8 Å². The summed E-state index contributed by atoms with van der Waals surface area (Å²) in [7, 11) is 0. The molecule has 1 aromatic heterocycles. The van der Waals surface area contributed by atoms with E-state index < -0.39 is 40.5 Å². The third-order valence-electron chi connectivity index (χ3n) is 3.88. The van der Waals surface area contributed by atoms with Gasteiger partial charge in [0.1, 0.15) is 18.8 Å². The largest absolute Gasteiger partial charge is 0.459 e. The molecule has 1 aromatic carbocycles. The number of aliphatic hydroxyl groups excluding tert-OH is 1. The van der Waals surface area contributed by atoms with E-state index in [1.54, 1.807) is 30.3 Å². The van der Waals surface area contributed by atoms with Crippen LogP contribution in [0.5, 0.6) is 0 Å². The first-order valence-electron chi connectivity index (χ1n) is 7.59. The number of esters is 1. The number of rotatable bonds is 4. The number of nitrogens with one attached hydrogen (secondary N) is 1. The van der Waals surface area contributed by atoms with Gasteiger partial charge in [-0.2, -0.15) is 0 Å². The molecule has 0 spiro atoms. The van der Waals surface area contributed by atoms with Gasteiger partial charge in [0.25, 0.3) is 5.56 Å². The maximum absolute atomic E-state index is 12.0. The number of aromatic nitrogens is 2. The van der Waals surface area contributed by atoms with Gasteiger partial charge >= 0.3 is 11.7 Å². The second-order valence-electron chi connectivity index (χ2n) is 5.61. The Bertz CT molecular complexity index is 913. The van der Waals surface area contributed by atoms with Gasteiger partial charge in [0.05, 0.1) is 14.9 Å². The van der Waals surface area contributed by atoms with E-state index >= 15 is 0 Å². The molecule has 0 aliphatic carbocycles. The van der Waals surface area contributed by atoms with E-state index in [-0.39, 0.29) is 11.1 Å². The van der Waals surface area contributed by atoms with Gasteiger partial charge in [0.15, 0.2) is 6.23 Å². The minimum atomic E-state index is -1.03. The summed E-state index contributed by atoms with van der Waals surface area (Å²) in [5.74, 6) is -0.542. The van der Waals surface area contributed by atoms with Gasteiger partial charge in [0.2, 0.25) is 0 Å². The number of hydrogen-bond acceptors (Lipinski definition) is 6. The minimum Gasteiger partial charge on any atom is -0.459 e. The van der Waals surface area contributed by atoms with Crippen molar-refractivity contribution in [2.75, 3.05) is 6.61 Å². The summed E-state index contributed by atoms with van der Waals surface area (Å²) in [5, 5.41) is 10.3. The first-order valence-corrected chi connectivity index (χ1v) is 9.30. The van der Waals surface area contributed by atoms with Crippen LogP contribution in [0.15, 0.2) is 50.6 Å². The lowest BCUT2D eigenvalue weighted by atomic mass is 10.2. The van der Waals surface area contributed by atoms with Crippen molar-refractivity contribution in [2.24, 2.45) is 0 Å². The Morgan fingerprint density at radius 2 is 2.00 bits per heavy atom. The smallest absolute Gasteiger partial charge is 0.338 e. The standard InChI is InChI=1S/C16H14Br2N2O6/c17-9-6-20(16(24)19-13(9)22)14-11(18)12(21)10(26-14)7-25-15(23)8-4-2-1-3-5-8/h1-6,10-12,14,21H,7H2,(H,19,22,24)/t10-,11+,12+,14-/m0/s1. The zero-order valence-electron chi connectivity index (χ0n) is 13.2. The van der Waals surface area contributed by atoms with Crippen LogP contribution in [0.3, 0.4) is 0 Å². The van der Waals surface area contributed by atoms with Crippen LogP contribution in [-0.4, -0.2) is 44.3 Å². The number of aliphatic hydroxyl groups is 1. The van der Waals surface area contributed by atoms with E-state index in [0.717, 1.165) is 4.57 Å². The summed E-state index contributed by atoms with van der Waals surface area (Å²) in [4.78, 5) is 37.0. The van der Waals surface area contributed by atoms with Crippen LogP contribution in [0.4, 0.5) is 0 Å². The molecule has 2 aromatic rings. The molecule has 26 heavy (non-hydrogen) atoms. The Kier molecular flexibility index (Phi) is 5.76. The number of carbonyl (C=O) groups excluding carboxylic acids is 1. The number of carbonyl (C=O) groups is 1. The third-order valence-corrected chi connectivity index (χ3v) is 5.44. The average molecular weight is 490 g/mol. The fourth-order valence-electron chi connectivity index (χ4n) is 2.53. The topological polar surface area (TPSA) is 111 Å². The van der Waals surface area contributed by atoms with Gasteiger partial charge in [-0.3, -0.25) is 14.3 Å². The predicted octanol–water partition coefficient (Wildman–Crippen LogP) is 1.18. The minimum absolute atomic E-state index is 0.147. The maximum Gasteiger partial charge on any atom is 0.338 e. The molecule has 0 bridgehead atoms. The van der Waals surface area contributed by atoms with Gasteiger partial charge in [-0.15, -0.1) is 0 Å². The van der Waals surface area contributed by atoms with Crippen LogP contribution < -0.4 is 11.2 Å². The molecule has 0 radical (unpaired) electrons. The molecule has 1 fully saturated rings. The fraction of sp³-hybridized carbons (Fsp3) is 0.312. The van der Waals surface area contributed by atoms with E-state index in [1.165, 1.54) is 6.20 Å². The molecule has 10 heteroatoms. The van der Waals surface area contributed by atoms with Gasteiger partial charge < -0.3 is 14.6 Å². The van der Waals surface area contributed by atoms with E-state index in [1.807, 2.05) is 0 Å². The highest BCUT2D eigenvalue weighted by Gasteiger charge is 2.44. The summed E-state index contributed by atoms with van der Waals surface area (Å²) in [6.45, 7) is -0.188. The SMILES string of the molecule is O=C(OC[C@@H]1O[C@H](n2cc(Br)c(=O)[nH]c2=O)[C@H](Br)[C@@H]1O)c1ccccc1. The molecule has 1 saturated heterocycles. The van der Waals surface area contributed by atoms with Crippen LogP contribution in [-0.2, 0) is 9.47 Å². The molecule has 1 aliphatic rings. The zero-order chi connectivity index (χ0) is 18.8. The molecule has 2 N–H and O–H groups in total. The lowest BCUT2D eigenvalue weighted by Gasteiger charge is -2.17. The van der Waals surface area contributed by atoms with Crippen molar-refractivity contribution in [1.82, 2.24) is 9.55 Å². The summed E-state index contributed by atoms with van der Waals surface area (Å²) in [5.41, 5.74) is -0.862. The number of halogens is 2. The molecule has 3 rings (SSSR count). The Morgan fingerprint density at radius 1 is 1.31 bits per heavy atom. The summed E-state index contributed by atoms with van der Waals surface area (Å²) in [6.07, 6.45) is -1.47. The second-order valence-corrected chi connectivity index (χ2v) is 7.52. The van der Waals surface area contributed by atoms with Gasteiger partial charge in [-0.05, 0) is 28.1 Å². The number of nitrogens with zero attached hydrogens (tertiary/aromatic N) is 1. The van der Waals surface area contributed by atoms with Crippen molar-refractivity contribution in [3.8, 4) is 0 Å². The van der Waals surface area contributed by atoms with Crippen molar-refractivity contribution < 1.29 is 19.4 Å². The maximum atomic E-state index is 12.0. The second kappa shape index (κ2) is 7.87. The highest BCUT2D eigenvalue weighted by atomic mass is 79.9. The predicted molar refractivity (Wildman–Crippen MR) is 98.4 cm³/mol. The van der Waals surface area contributed by atoms with Crippen molar-refractivity contribution in [2.45, 2.75) is 23.3 Å². The highest BCUT2D eigenvalue weighted by molar-refractivity contribution is 9.10. The molecular weight excluding hydrogens is 476 g/mol. The van der Waals surface area contributed by atoms with E-state index in [9.17, 15) is 19.5 Å². The first kappa shape index (κ1) is 19.0. The van der Waals surface area contributed by atoms with Crippen molar-refractivity contribution in [1.29, 1.82) is 0 Å². The van der Waals surface area contributed by atoms with Gasteiger partial charge in [0, 0.05) is 6.20 Å². The summed E-state index contributed by atoms with van der Waals surface area (Å²) in [6, 6.07) is 8.43. The van der Waals surface area contributed by atoms with E-state index in [0.29, 0.717) is 5.56 Å². The first-order chi connectivity index (χ1) is 12.4. The summed E-state index contributed by atoms with van der Waals surface area (Å²) >= 11 is 6.34. The van der Waals surface area contributed by atoms with Crippen LogP contribution >= 0.6 is 31.9 Å². The van der Waals surface area contributed by atoms with Crippen molar-refractivity contribution in [3.05, 3.63) is 67.4 Å². The molecule has 1 aliphatic heterocycles. The van der Waals surface area contributed by atoms with Crippen LogP contribution in [0.1, 0.15) is 16.6 Å². The van der Waals surface area contributed by atoms with Gasteiger partial charge in [-0.1, -0.05) is 34.1 Å². The average Bonchev–Trinajstić information content (AvgIpc) is 2.91. The highest BCUT2D eigenvalue weighted by Crippen LogP contribution is 2.34. The van der Waals surface area contributed by atoms with Crippen LogP contribution in [0.25, 0.3) is 0 Å².